The third-order valence-corrected chi connectivity index (χ3v) is 5.11. The number of halogens is 1. The highest BCUT2D eigenvalue weighted by atomic mass is 35.5. The second-order valence-electron chi connectivity index (χ2n) is 6.61. The molecule has 6 heteroatoms. The third-order valence-electron chi connectivity index (χ3n) is 4.76. The zero-order valence-corrected chi connectivity index (χ0v) is 15.9. The predicted molar refractivity (Wildman–Crippen MR) is 102 cm³/mol. The molecule has 1 aromatic heterocycles. The van der Waals surface area contributed by atoms with Gasteiger partial charge in [-0.05, 0) is 42.7 Å². The van der Waals surface area contributed by atoms with Gasteiger partial charge in [0.15, 0.2) is 11.5 Å². The van der Waals surface area contributed by atoms with E-state index in [-0.39, 0.29) is 12.0 Å². The lowest BCUT2D eigenvalue weighted by Crippen LogP contribution is -2.21. The highest BCUT2D eigenvalue weighted by molar-refractivity contribution is 6.31. The van der Waals surface area contributed by atoms with Crippen LogP contribution in [0.2, 0.25) is 5.02 Å². The first kappa shape index (κ1) is 19.0. The lowest BCUT2D eigenvalue weighted by atomic mass is 9.97. The van der Waals surface area contributed by atoms with Crippen molar-refractivity contribution >= 4 is 11.6 Å². The van der Waals surface area contributed by atoms with E-state index >= 15 is 0 Å². The average molecular weight is 377 g/mol. The van der Waals surface area contributed by atoms with E-state index < -0.39 is 0 Å². The number of likely N-dealkylation sites (tertiary alicyclic amines) is 1. The van der Waals surface area contributed by atoms with Crippen LogP contribution >= 0.6 is 11.6 Å². The molecule has 0 unspecified atom stereocenters. The normalized spacial score (nSPS) is 20.3. The van der Waals surface area contributed by atoms with Gasteiger partial charge >= 0.3 is 0 Å². The highest BCUT2D eigenvalue weighted by Gasteiger charge is 2.31. The summed E-state index contributed by atoms with van der Waals surface area (Å²) >= 11 is 6.43. The maximum atomic E-state index is 10.5. The monoisotopic (exact) mass is 376 g/mol. The molecule has 0 radical (unpaired) electrons. The number of hydrogen-bond donors (Lipinski definition) is 1. The van der Waals surface area contributed by atoms with Crippen molar-refractivity contribution in [1.82, 2.24) is 9.88 Å². The van der Waals surface area contributed by atoms with Crippen molar-refractivity contribution in [3.8, 4) is 11.5 Å². The molecular formula is C20H25ClN2O3. The van der Waals surface area contributed by atoms with E-state index in [2.05, 4.69) is 9.88 Å². The van der Waals surface area contributed by atoms with Gasteiger partial charge in [0.2, 0.25) is 0 Å². The Bertz CT molecular complexity index is 726. The molecule has 26 heavy (non-hydrogen) atoms. The molecule has 1 fully saturated rings. The Hall–Kier alpha value is -1.82. The first-order valence-electron chi connectivity index (χ1n) is 8.89. The minimum Gasteiger partial charge on any atom is -0.493 e. The Labute approximate surface area is 159 Å². The lowest BCUT2D eigenvalue weighted by Gasteiger charge is -2.18. The van der Waals surface area contributed by atoms with Gasteiger partial charge in [0.25, 0.3) is 0 Å². The quantitative estimate of drug-likeness (QED) is 0.804. The van der Waals surface area contributed by atoms with Gasteiger partial charge in [-0.15, -0.1) is 0 Å². The Morgan fingerprint density at radius 1 is 1.23 bits per heavy atom. The second kappa shape index (κ2) is 8.71. The molecule has 1 aliphatic rings. The van der Waals surface area contributed by atoms with E-state index in [0.717, 1.165) is 18.5 Å². The molecule has 0 aliphatic carbocycles. The zero-order chi connectivity index (χ0) is 18.5. The maximum Gasteiger partial charge on any atom is 0.162 e. The van der Waals surface area contributed by atoms with E-state index in [9.17, 15) is 5.11 Å². The fourth-order valence-corrected chi connectivity index (χ4v) is 3.67. The van der Waals surface area contributed by atoms with Crippen LogP contribution in [-0.4, -0.2) is 47.9 Å². The molecule has 1 aliphatic heterocycles. The minimum absolute atomic E-state index is 0.209. The van der Waals surface area contributed by atoms with Gasteiger partial charge < -0.3 is 14.6 Å². The van der Waals surface area contributed by atoms with Crippen molar-refractivity contribution in [3.63, 3.8) is 0 Å². The summed E-state index contributed by atoms with van der Waals surface area (Å²) in [5, 5.41) is 11.1. The highest BCUT2D eigenvalue weighted by Crippen LogP contribution is 2.35. The molecule has 1 aromatic carbocycles. The fourth-order valence-electron chi connectivity index (χ4n) is 3.46. The molecule has 1 N–H and O–H groups in total. The van der Waals surface area contributed by atoms with Crippen molar-refractivity contribution in [2.75, 3.05) is 26.8 Å². The number of methoxy groups -OCH3 is 1. The summed E-state index contributed by atoms with van der Waals surface area (Å²) in [7, 11) is 1.61. The number of β-amino-alcohol motifs (C(OH)–C–C–N with tert-alkyl or cyclic N) is 1. The molecule has 3 rings (SSSR count). The van der Waals surface area contributed by atoms with Crippen molar-refractivity contribution < 1.29 is 14.6 Å². The smallest absolute Gasteiger partial charge is 0.162 e. The largest absolute Gasteiger partial charge is 0.493 e. The van der Waals surface area contributed by atoms with E-state index in [1.165, 1.54) is 5.56 Å². The Morgan fingerprint density at radius 2 is 2.00 bits per heavy atom. The Balaban J connectivity index is 1.68. The molecule has 1 saturated heterocycles. The van der Waals surface area contributed by atoms with E-state index in [0.29, 0.717) is 36.2 Å². The summed E-state index contributed by atoms with van der Waals surface area (Å²) in [5.41, 5.74) is 2.18. The van der Waals surface area contributed by atoms with E-state index in [1.807, 2.05) is 25.1 Å². The lowest BCUT2D eigenvalue weighted by molar-refractivity contribution is 0.141. The molecule has 140 valence electrons. The SMILES string of the molecule is CCOc1cc(CN2C[C@@H](Cc3ccncc3)[C@H](O)C2)c(Cl)cc1OC. The van der Waals surface area contributed by atoms with Gasteiger partial charge in [0.1, 0.15) is 0 Å². The van der Waals surface area contributed by atoms with Crippen molar-refractivity contribution in [2.24, 2.45) is 5.92 Å². The van der Waals surface area contributed by atoms with Gasteiger partial charge in [0, 0.05) is 49.0 Å². The summed E-state index contributed by atoms with van der Waals surface area (Å²) in [5.74, 6) is 1.54. The van der Waals surface area contributed by atoms with Crippen molar-refractivity contribution in [2.45, 2.75) is 26.0 Å². The first-order chi connectivity index (χ1) is 12.6. The van der Waals surface area contributed by atoms with Crippen LogP contribution in [0.4, 0.5) is 0 Å². The molecule has 0 saturated carbocycles. The first-order valence-corrected chi connectivity index (χ1v) is 9.27. The molecule has 2 heterocycles. The number of pyridine rings is 1. The predicted octanol–water partition coefficient (Wildman–Crippen LogP) is 3.18. The van der Waals surface area contributed by atoms with Crippen LogP contribution in [-0.2, 0) is 13.0 Å². The maximum absolute atomic E-state index is 10.5. The van der Waals surface area contributed by atoms with Crippen LogP contribution in [0.1, 0.15) is 18.1 Å². The van der Waals surface area contributed by atoms with Crippen LogP contribution in [0, 0.1) is 5.92 Å². The van der Waals surface area contributed by atoms with Crippen molar-refractivity contribution in [1.29, 1.82) is 0 Å². The number of rotatable bonds is 7. The summed E-state index contributed by atoms with van der Waals surface area (Å²) < 4.78 is 11.0. The number of hydrogen-bond acceptors (Lipinski definition) is 5. The van der Waals surface area contributed by atoms with Crippen LogP contribution in [0.5, 0.6) is 11.5 Å². The number of aliphatic hydroxyl groups is 1. The molecule has 0 bridgehead atoms. The molecule has 5 nitrogen and oxygen atoms in total. The van der Waals surface area contributed by atoms with E-state index in [4.69, 9.17) is 21.1 Å². The molecular weight excluding hydrogens is 352 g/mol. The van der Waals surface area contributed by atoms with Gasteiger partial charge in [-0.3, -0.25) is 9.88 Å². The van der Waals surface area contributed by atoms with Gasteiger partial charge in [-0.1, -0.05) is 11.6 Å². The topological polar surface area (TPSA) is 54.8 Å². The van der Waals surface area contributed by atoms with Gasteiger partial charge in [-0.25, -0.2) is 0 Å². The number of ether oxygens (including phenoxy) is 2. The molecule has 0 spiro atoms. The summed E-state index contributed by atoms with van der Waals surface area (Å²) in [6.07, 6.45) is 4.09. The van der Waals surface area contributed by atoms with Crippen LogP contribution in [0.3, 0.4) is 0 Å². The summed E-state index contributed by atoms with van der Waals surface area (Å²) in [4.78, 5) is 6.28. The summed E-state index contributed by atoms with van der Waals surface area (Å²) in [6, 6.07) is 7.74. The van der Waals surface area contributed by atoms with Gasteiger partial charge in [-0.2, -0.15) is 0 Å². The van der Waals surface area contributed by atoms with Gasteiger partial charge in [0.05, 0.1) is 19.8 Å². The van der Waals surface area contributed by atoms with Crippen LogP contribution < -0.4 is 9.47 Å². The van der Waals surface area contributed by atoms with E-state index in [1.54, 1.807) is 25.6 Å². The minimum atomic E-state index is -0.341. The Kier molecular flexibility index (Phi) is 6.35. The molecule has 2 aromatic rings. The number of nitrogens with zero attached hydrogens (tertiary/aromatic N) is 2. The van der Waals surface area contributed by atoms with Crippen LogP contribution in [0.25, 0.3) is 0 Å². The third kappa shape index (κ3) is 4.47. The molecule has 2 atom stereocenters. The fraction of sp³-hybridized carbons (Fsp3) is 0.450. The number of benzene rings is 1. The second-order valence-corrected chi connectivity index (χ2v) is 7.02. The number of aromatic nitrogens is 1. The Morgan fingerprint density at radius 3 is 2.69 bits per heavy atom. The molecule has 0 amide bonds. The van der Waals surface area contributed by atoms with Crippen molar-refractivity contribution in [3.05, 3.63) is 52.8 Å². The number of aliphatic hydroxyl groups excluding tert-OH is 1. The summed E-state index contributed by atoms with van der Waals surface area (Å²) in [6.45, 7) is 4.65. The average Bonchev–Trinajstić information content (AvgIpc) is 2.97. The standard InChI is InChI=1S/C20H25ClN2O3/c1-3-26-20-9-15(17(21)10-19(20)25-2)11-23-12-16(18(24)13-23)8-14-4-6-22-7-5-14/h4-7,9-10,16,18,24H,3,8,11-13H2,1-2H3/t16-,18-/m1/s1. The zero-order valence-electron chi connectivity index (χ0n) is 15.2. The van der Waals surface area contributed by atoms with Crippen LogP contribution in [0.15, 0.2) is 36.7 Å².